The lowest BCUT2D eigenvalue weighted by Crippen LogP contribution is -2.42. The first-order chi connectivity index (χ1) is 13.4. The molecule has 1 fully saturated rings. The zero-order chi connectivity index (χ0) is 19.7. The monoisotopic (exact) mass is 398 g/mol. The summed E-state index contributed by atoms with van der Waals surface area (Å²) in [6.45, 7) is 3.34. The van der Waals surface area contributed by atoms with E-state index in [-0.39, 0.29) is 23.4 Å². The number of carbonyl (C=O) groups is 1. The third-order valence-electron chi connectivity index (χ3n) is 5.17. The summed E-state index contributed by atoms with van der Waals surface area (Å²) in [6.07, 6.45) is 1.51. The molecule has 0 bridgehead atoms. The van der Waals surface area contributed by atoms with Gasteiger partial charge in [0.2, 0.25) is 0 Å². The molecule has 0 amide bonds. The Morgan fingerprint density at radius 2 is 1.93 bits per heavy atom. The van der Waals surface area contributed by atoms with E-state index in [9.17, 15) is 13.2 Å². The number of rotatable bonds is 3. The Hall–Kier alpha value is -2.67. The normalized spacial score (nSPS) is 20.4. The molecule has 1 saturated heterocycles. The molecule has 2 aliphatic heterocycles. The minimum absolute atomic E-state index is 0.231. The van der Waals surface area contributed by atoms with Gasteiger partial charge in [-0.15, -0.1) is 4.40 Å². The highest BCUT2D eigenvalue weighted by Gasteiger charge is 2.35. The number of amidine groups is 1. The van der Waals surface area contributed by atoms with Crippen molar-refractivity contribution in [2.45, 2.75) is 31.3 Å². The van der Waals surface area contributed by atoms with Gasteiger partial charge in [0.1, 0.15) is 11.5 Å². The number of hydrogen-bond donors (Lipinski definition) is 0. The van der Waals surface area contributed by atoms with Gasteiger partial charge in [0, 0.05) is 18.7 Å². The Bertz CT molecular complexity index is 1030. The SMILES string of the molecule is Cc1ccc(COC(=O)[C@@H]2CCCN(C3=NS(=O)(=O)c4ccccc43)C2)cc1. The van der Waals surface area contributed by atoms with Crippen LogP contribution in [0.3, 0.4) is 0 Å². The molecule has 6 nitrogen and oxygen atoms in total. The van der Waals surface area contributed by atoms with Gasteiger partial charge in [0.05, 0.1) is 5.92 Å². The molecule has 0 aromatic heterocycles. The molecule has 2 aromatic rings. The van der Waals surface area contributed by atoms with E-state index >= 15 is 0 Å². The molecule has 28 heavy (non-hydrogen) atoms. The van der Waals surface area contributed by atoms with Crippen LogP contribution in [0.15, 0.2) is 57.8 Å². The third kappa shape index (κ3) is 3.67. The van der Waals surface area contributed by atoms with E-state index in [4.69, 9.17) is 4.74 Å². The van der Waals surface area contributed by atoms with Crippen molar-refractivity contribution in [2.75, 3.05) is 13.1 Å². The summed E-state index contributed by atoms with van der Waals surface area (Å²) in [5, 5.41) is 0. The summed E-state index contributed by atoms with van der Waals surface area (Å²) < 4.78 is 34.1. The van der Waals surface area contributed by atoms with Gasteiger partial charge in [-0.3, -0.25) is 4.79 Å². The fourth-order valence-corrected chi connectivity index (χ4v) is 4.86. The van der Waals surface area contributed by atoms with Crippen LogP contribution >= 0.6 is 0 Å². The molecule has 0 radical (unpaired) electrons. The molecule has 0 saturated carbocycles. The van der Waals surface area contributed by atoms with Crippen LogP contribution < -0.4 is 0 Å². The van der Waals surface area contributed by atoms with Crippen molar-refractivity contribution >= 4 is 21.8 Å². The molecule has 0 unspecified atom stereocenters. The summed E-state index contributed by atoms with van der Waals surface area (Å²) in [7, 11) is -3.66. The number of nitrogens with zero attached hydrogens (tertiary/aromatic N) is 2. The number of likely N-dealkylation sites (tertiary alicyclic amines) is 1. The molecule has 2 heterocycles. The highest BCUT2D eigenvalue weighted by molar-refractivity contribution is 7.90. The number of benzene rings is 2. The van der Waals surface area contributed by atoms with E-state index in [0.717, 1.165) is 24.0 Å². The lowest BCUT2D eigenvalue weighted by Gasteiger charge is -2.32. The van der Waals surface area contributed by atoms with Gasteiger partial charge in [-0.25, -0.2) is 0 Å². The predicted octanol–water partition coefficient (Wildman–Crippen LogP) is 2.90. The number of fused-ring (bicyclic) bond motifs is 1. The highest BCUT2D eigenvalue weighted by atomic mass is 32.2. The lowest BCUT2D eigenvalue weighted by atomic mass is 9.97. The Labute approximate surface area is 164 Å². The average molecular weight is 398 g/mol. The van der Waals surface area contributed by atoms with Gasteiger partial charge < -0.3 is 9.64 Å². The molecule has 2 aliphatic rings. The van der Waals surface area contributed by atoms with Gasteiger partial charge in [-0.2, -0.15) is 8.42 Å². The Morgan fingerprint density at radius 3 is 2.71 bits per heavy atom. The van der Waals surface area contributed by atoms with Crippen molar-refractivity contribution in [1.82, 2.24) is 4.90 Å². The predicted molar refractivity (Wildman–Crippen MR) is 105 cm³/mol. The second-order valence-electron chi connectivity index (χ2n) is 7.26. The van der Waals surface area contributed by atoms with Crippen molar-refractivity contribution < 1.29 is 17.9 Å². The Morgan fingerprint density at radius 1 is 1.18 bits per heavy atom. The first kappa shape index (κ1) is 18.7. The Kier molecular flexibility index (Phi) is 4.93. The first-order valence-electron chi connectivity index (χ1n) is 9.35. The van der Waals surface area contributed by atoms with Crippen LogP contribution in [-0.2, 0) is 26.2 Å². The quantitative estimate of drug-likeness (QED) is 0.743. The average Bonchev–Trinajstić information content (AvgIpc) is 2.99. The second-order valence-corrected chi connectivity index (χ2v) is 8.84. The second kappa shape index (κ2) is 7.39. The number of ether oxygens (including phenoxy) is 1. The van der Waals surface area contributed by atoms with Gasteiger partial charge >= 0.3 is 5.97 Å². The van der Waals surface area contributed by atoms with Crippen molar-refractivity contribution in [3.63, 3.8) is 0 Å². The van der Waals surface area contributed by atoms with E-state index in [1.165, 1.54) is 0 Å². The molecule has 0 N–H and O–H groups in total. The van der Waals surface area contributed by atoms with Gasteiger partial charge in [-0.05, 0) is 37.5 Å². The molecule has 0 spiro atoms. The minimum Gasteiger partial charge on any atom is -0.461 e. The maximum atomic E-state index is 12.6. The van der Waals surface area contributed by atoms with Crippen LogP contribution in [0.4, 0.5) is 0 Å². The van der Waals surface area contributed by atoms with E-state index < -0.39 is 10.0 Å². The molecule has 0 aliphatic carbocycles. The fourth-order valence-electron chi connectivity index (χ4n) is 3.64. The van der Waals surface area contributed by atoms with Crippen LogP contribution in [0.25, 0.3) is 0 Å². The van der Waals surface area contributed by atoms with Crippen molar-refractivity contribution in [3.05, 3.63) is 65.2 Å². The number of piperidine rings is 1. The highest BCUT2D eigenvalue weighted by Crippen LogP contribution is 2.30. The van der Waals surface area contributed by atoms with Gasteiger partial charge in [0.25, 0.3) is 10.0 Å². The number of carbonyl (C=O) groups excluding carboxylic acids is 1. The summed E-state index contributed by atoms with van der Waals surface area (Å²) in [4.78, 5) is 14.7. The van der Waals surface area contributed by atoms with E-state index in [1.54, 1.807) is 24.3 Å². The number of aryl methyl sites for hydroxylation is 1. The third-order valence-corrected chi connectivity index (χ3v) is 6.49. The van der Waals surface area contributed by atoms with Crippen molar-refractivity contribution in [1.29, 1.82) is 0 Å². The summed E-state index contributed by atoms with van der Waals surface area (Å²) in [5.41, 5.74) is 2.72. The molecule has 2 aromatic carbocycles. The zero-order valence-electron chi connectivity index (χ0n) is 15.7. The van der Waals surface area contributed by atoms with E-state index in [1.807, 2.05) is 36.1 Å². The molecular formula is C21H22N2O4S. The fraction of sp³-hybridized carbons (Fsp3) is 0.333. The molecule has 146 valence electrons. The van der Waals surface area contributed by atoms with Crippen molar-refractivity contribution in [3.8, 4) is 0 Å². The van der Waals surface area contributed by atoms with Crippen LogP contribution in [-0.4, -0.2) is 38.2 Å². The Balaban J connectivity index is 1.45. The maximum Gasteiger partial charge on any atom is 0.311 e. The smallest absolute Gasteiger partial charge is 0.311 e. The van der Waals surface area contributed by atoms with E-state index in [2.05, 4.69) is 4.40 Å². The van der Waals surface area contributed by atoms with Crippen LogP contribution in [0, 0.1) is 12.8 Å². The number of esters is 1. The first-order valence-corrected chi connectivity index (χ1v) is 10.8. The zero-order valence-corrected chi connectivity index (χ0v) is 16.5. The van der Waals surface area contributed by atoms with Crippen LogP contribution in [0.5, 0.6) is 0 Å². The van der Waals surface area contributed by atoms with Crippen LogP contribution in [0.2, 0.25) is 0 Å². The molecular weight excluding hydrogens is 376 g/mol. The molecule has 1 atom stereocenters. The van der Waals surface area contributed by atoms with E-state index in [0.29, 0.717) is 24.5 Å². The summed E-state index contributed by atoms with van der Waals surface area (Å²) in [6, 6.07) is 14.7. The summed E-state index contributed by atoms with van der Waals surface area (Å²) in [5.74, 6) is -0.107. The number of sulfonamides is 1. The lowest BCUT2D eigenvalue weighted by molar-refractivity contribution is -0.151. The minimum atomic E-state index is -3.66. The maximum absolute atomic E-state index is 12.6. The number of hydrogen-bond acceptors (Lipinski definition) is 5. The molecule has 4 rings (SSSR count). The van der Waals surface area contributed by atoms with Gasteiger partial charge in [-0.1, -0.05) is 42.0 Å². The van der Waals surface area contributed by atoms with Gasteiger partial charge in [0.15, 0.2) is 5.84 Å². The van der Waals surface area contributed by atoms with Crippen molar-refractivity contribution in [2.24, 2.45) is 10.3 Å². The largest absolute Gasteiger partial charge is 0.461 e. The molecule has 7 heteroatoms. The standard InChI is InChI=1S/C21H22N2O4S/c1-15-8-10-16(11-9-15)14-27-21(24)17-5-4-12-23(13-17)20-18-6-2-3-7-19(18)28(25,26)22-20/h2-3,6-11,17H,4-5,12-14H2,1H3/t17-/m1/s1. The summed E-state index contributed by atoms with van der Waals surface area (Å²) >= 11 is 0. The topological polar surface area (TPSA) is 76.0 Å². The van der Waals surface area contributed by atoms with Crippen LogP contribution in [0.1, 0.15) is 29.5 Å².